The smallest absolute Gasteiger partial charge is 0.302 e. The Balaban J connectivity index is 2.07. The molecule has 1 aliphatic heterocycles. The Labute approximate surface area is 138 Å². The summed E-state index contributed by atoms with van der Waals surface area (Å²) in [5.41, 5.74) is 2.12. The van der Waals surface area contributed by atoms with Gasteiger partial charge in [-0.3, -0.25) is 4.79 Å². The van der Waals surface area contributed by atoms with Gasteiger partial charge in [0.15, 0.2) is 5.17 Å². The first-order chi connectivity index (χ1) is 11.0. The van der Waals surface area contributed by atoms with Gasteiger partial charge in [0.2, 0.25) is 0 Å². The van der Waals surface area contributed by atoms with Gasteiger partial charge < -0.3 is 5.32 Å². The van der Waals surface area contributed by atoms with E-state index in [4.69, 9.17) is 5.26 Å². The van der Waals surface area contributed by atoms with Crippen LogP contribution in [-0.2, 0) is 15.3 Å². The minimum atomic E-state index is -2.64. The summed E-state index contributed by atoms with van der Waals surface area (Å²) in [5.74, 6) is -0.0817. The molecule has 0 aromatic heterocycles. The van der Waals surface area contributed by atoms with Crippen molar-refractivity contribution in [1.29, 1.82) is 5.26 Å². The van der Waals surface area contributed by atoms with Crippen molar-refractivity contribution in [1.82, 2.24) is 5.32 Å². The van der Waals surface area contributed by atoms with E-state index in [1.165, 1.54) is 18.7 Å². The van der Waals surface area contributed by atoms with Crippen molar-refractivity contribution in [3.05, 3.63) is 35.4 Å². The number of carbonyl (C=O) groups excluding carboxylic acids is 1. The number of nitrogens with one attached hydrogen (secondary N) is 1. The van der Waals surface area contributed by atoms with Crippen molar-refractivity contribution in [3.8, 4) is 6.07 Å². The summed E-state index contributed by atoms with van der Waals surface area (Å²) in [4.78, 5) is 11.7. The zero-order valence-electron chi connectivity index (χ0n) is 11.9. The van der Waals surface area contributed by atoms with Gasteiger partial charge in [-0.25, -0.2) is 0 Å². The van der Waals surface area contributed by atoms with E-state index in [0.29, 0.717) is 11.3 Å². The number of thioether (sulfide) groups is 1. The van der Waals surface area contributed by atoms with E-state index in [1.54, 1.807) is 24.3 Å². The summed E-state index contributed by atoms with van der Waals surface area (Å²) < 4.78 is 24.1. The molecule has 1 N–H and O–H groups in total. The standard InChI is InChI=1S/C13H11N5O3S2/c1-8(18-23(20)21)12(19)15-13-17-16-11(7-22-13)10-4-2-9(6-14)3-5-10/h2-5,8H,7H2,1H3,(H,15,17,19)/t8-/m1/s1. The van der Waals surface area contributed by atoms with Crippen LogP contribution in [0.2, 0.25) is 0 Å². The van der Waals surface area contributed by atoms with Crippen LogP contribution in [-0.4, -0.2) is 37.0 Å². The van der Waals surface area contributed by atoms with Crippen LogP contribution < -0.4 is 5.32 Å². The van der Waals surface area contributed by atoms with Crippen LogP contribution in [0.25, 0.3) is 0 Å². The predicted octanol–water partition coefficient (Wildman–Crippen LogP) is 0.933. The molecule has 0 aliphatic carbocycles. The van der Waals surface area contributed by atoms with Crippen molar-refractivity contribution in [2.75, 3.05) is 5.75 Å². The summed E-state index contributed by atoms with van der Waals surface area (Å²) in [6.07, 6.45) is 0. The number of hydrogen-bond acceptors (Lipinski definition) is 8. The minimum Gasteiger partial charge on any atom is -0.302 e. The van der Waals surface area contributed by atoms with Gasteiger partial charge in [0.05, 0.1) is 17.3 Å². The second kappa shape index (κ2) is 7.66. The molecule has 1 aromatic carbocycles. The van der Waals surface area contributed by atoms with Crippen LogP contribution in [0.15, 0.2) is 38.8 Å². The number of carbonyl (C=O) groups is 1. The third-order valence-corrected chi connectivity index (χ3v) is 4.17. The highest BCUT2D eigenvalue weighted by atomic mass is 32.2. The summed E-state index contributed by atoms with van der Waals surface area (Å²) in [5, 5.41) is 19.5. The average molecular weight is 349 g/mol. The lowest BCUT2D eigenvalue weighted by Crippen LogP contribution is -2.36. The lowest BCUT2D eigenvalue weighted by Gasteiger charge is -2.13. The van der Waals surface area contributed by atoms with E-state index in [9.17, 15) is 13.2 Å². The zero-order valence-corrected chi connectivity index (χ0v) is 13.6. The van der Waals surface area contributed by atoms with E-state index >= 15 is 0 Å². The monoisotopic (exact) mass is 349 g/mol. The van der Waals surface area contributed by atoms with Gasteiger partial charge in [-0.05, 0) is 24.6 Å². The fraction of sp³-hybridized carbons (Fsp3) is 0.231. The first kappa shape index (κ1) is 16.9. The lowest BCUT2D eigenvalue weighted by atomic mass is 10.1. The minimum absolute atomic E-state index is 0.283. The van der Waals surface area contributed by atoms with Gasteiger partial charge in [0.25, 0.3) is 5.91 Å². The molecule has 0 saturated heterocycles. The number of amidine groups is 1. The molecule has 0 saturated carbocycles. The Hall–Kier alpha value is -2.51. The van der Waals surface area contributed by atoms with Crippen LogP contribution in [0.4, 0.5) is 0 Å². The summed E-state index contributed by atoms with van der Waals surface area (Å²) in [6, 6.07) is 7.95. The van der Waals surface area contributed by atoms with Gasteiger partial charge in [-0.1, -0.05) is 23.9 Å². The highest BCUT2D eigenvalue weighted by Gasteiger charge is 2.18. The lowest BCUT2D eigenvalue weighted by molar-refractivity contribution is -0.120. The third-order valence-electron chi connectivity index (χ3n) is 2.81. The second-order valence-electron chi connectivity index (χ2n) is 4.42. The van der Waals surface area contributed by atoms with Crippen molar-refractivity contribution < 1.29 is 13.2 Å². The fourth-order valence-electron chi connectivity index (χ4n) is 1.63. The largest absolute Gasteiger partial charge is 0.311 e. The number of nitriles is 1. The molecule has 0 radical (unpaired) electrons. The molecule has 2 rings (SSSR count). The Morgan fingerprint density at radius 3 is 2.61 bits per heavy atom. The molecule has 1 amide bonds. The first-order valence-corrected chi connectivity index (χ1v) is 8.40. The van der Waals surface area contributed by atoms with Crippen LogP contribution in [0.1, 0.15) is 18.1 Å². The summed E-state index contributed by atoms with van der Waals surface area (Å²) >= 11 is 1.27. The van der Waals surface area contributed by atoms with Crippen LogP contribution in [0.5, 0.6) is 0 Å². The predicted molar refractivity (Wildman–Crippen MR) is 86.5 cm³/mol. The van der Waals surface area contributed by atoms with Gasteiger partial charge >= 0.3 is 10.5 Å². The van der Waals surface area contributed by atoms with Crippen LogP contribution in [0, 0.1) is 11.3 Å². The maximum Gasteiger partial charge on any atom is 0.311 e. The van der Waals surface area contributed by atoms with Gasteiger partial charge in [-0.15, -0.1) is 5.10 Å². The van der Waals surface area contributed by atoms with Gasteiger partial charge in [0.1, 0.15) is 6.04 Å². The summed E-state index contributed by atoms with van der Waals surface area (Å²) in [6.45, 7) is 1.37. The molecule has 10 heteroatoms. The molecule has 1 atom stereocenters. The molecule has 0 bridgehead atoms. The van der Waals surface area contributed by atoms with Crippen LogP contribution >= 0.6 is 11.8 Å². The molecule has 0 fully saturated rings. The maximum absolute atomic E-state index is 11.7. The number of rotatable bonds is 3. The second-order valence-corrected chi connectivity index (χ2v) is 6.03. The van der Waals surface area contributed by atoms with Crippen molar-refractivity contribution in [3.63, 3.8) is 0 Å². The zero-order chi connectivity index (χ0) is 16.8. The Bertz CT molecular complexity index is 843. The Morgan fingerprint density at radius 2 is 2.09 bits per heavy atom. The molecular formula is C13H11N5O3S2. The molecule has 1 aliphatic rings. The van der Waals surface area contributed by atoms with Crippen molar-refractivity contribution >= 4 is 39.0 Å². The van der Waals surface area contributed by atoms with E-state index in [-0.39, 0.29) is 5.17 Å². The molecule has 1 aromatic rings. The van der Waals surface area contributed by atoms with E-state index in [0.717, 1.165) is 11.3 Å². The average Bonchev–Trinajstić information content (AvgIpc) is 2.55. The highest BCUT2D eigenvalue weighted by molar-refractivity contribution is 8.14. The highest BCUT2D eigenvalue weighted by Crippen LogP contribution is 2.15. The maximum atomic E-state index is 11.7. The number of benzene rings is 1. The Morgan fingerprint density at radius 1 is 1.39 bits per heavy atom. The summed E-state index contributed by atoms with van der Waals surface area (Å²) in [7, 11) is -2.64. The van der Waals surface area contributed by atoms with Crippen LogP contribution in [0.3, 0.4) is 0 Å². The quantitative estimate of drug-likeness (QED) is 0.869. The third kappa shape index (κ3) is 4.73. The molecular weight excluding hydrogens is 338 g/mol. The SMILES string of the molecule is C[C@@H](N=S(=O)=O)C(=O)NC1=NN=C(c2ccc(C#N)cc2)CS1. The first-order valence-electron chi connectivity index (χ1n) is 6.38. The van der Waals surface area contributed by atoms with E-state index < -0.39 is 22.4 Å². The van der Waals surface area contributed by atoms with Crippen molar-refractivity contribution in [2.45, 2.75) is 13.0 Å². The molecule has 1 heterocycles. The molecule has 23 heavy (non-hydrogen) atoms. The number of hydrogen-bond donors (Lipinski definition) is 1. The van der Waals surface area contributed by atoms with Gasteiger partial charge in [-0.2, -0.15) is 23.1 Å². The fourth-order valence-corrected chi connectivity index (χ4v) is 2.75. The molecule has 8 nitrogen and oxygen atoms in total. The van der Waals surface area contributed by atoms with E-state index in [1.807, 2.05) is 6.07 Å². The van der Waals surface area contributed by atoms with Crippen molar-refractivity contribution in [2.24, 2.45) is 14.6 Å². The Kier molecular flexibility index (Phi) is 5.61. The van der Waals surface area contributed by atoms with E-state index in [2.05, 4.69) is 19.9 Å². The van der Waals surface area contributed by atoms with Gasteiger partial charge in [0, 0.05) is 5.75 Å². The topological polar surface area (TPSA) is 124 Å². The normalized spacial score (nSPS) is 14.8. The number of nitrogens with zero attached hydrogens (tertiary/aromatic N) is 4. The number of amides is 1. The molecule has 0 unspecified atom stereocenters. The molecule has 118 valence electrons. The molecule has 0 spiro atoms.